The molecule has 224 valence electrons. The molecule has 0 aromatic heterocycles. The quantitative estimate of drug-likeness (QED) is 0.290. The molecule has 2 aliphatic rings. The standard InChI is InChI=1S/C35H48O6/c1-25-9-7-11-27(17-25)13-15-29(36)19-33(3,4)31-38-21-35(22-39-31)23-40-32(41-24-35)34(5,6)20-30(37)16-14-28-12-8-10-26(2)18-28/h7-12,17-18,31-32H,13-16,19-24H2,1-6H3. The summed E-state index contributed by atoms with van der Waals surface area (Å²) in [7, 11) is 0. The Morgan fingerprint density at radius 2 is 1.05 bits per heavy atom. The highest BCUT2D eigenvalue weighted by Crippen LogP contribution is 2.40. The molecule has 1 spiro atoms. The lowest BCUT2D eigenvalue weighted by Gasteiger charge is -2.48. The summed E-state index contributed by atoms with van der Waals surface area (Å²) in [5, 5.41) is 0. The molecular weight excluding hydrogens is 516 g/mol. The molecule has 4 rings (SSSR count). The normalized spacial score (nSPS) is 23.5. The van der Waals surface area contributed by atoms with E-state index < -0.39 is 23.4 Å². The van der Waals surface area contributed by atoms with E-state index in [-0.39, 0.29) is 17.0 Å². The topological polar surface area (TPSA) is 71.1 Å². The summed E-state index contributed by atoms with van der Waals surface area (Å²) in [6, 6.07) is 16.6. The van der Waals surface area contributed by atoms with Gasteiger partial charge in [0.1, 0.15) is 11.6 Å². The lowest BCUT2D eigenvalue weighted by atomic mass is 9.82. The highest BCUT2D eigenvalue weighted by Gasteiger charge is 2.48. The molecule has 0 radical (unpaired) electrons. The van der Waals surface area contributed by atoms with Gasteiger partial charge in [0.2, 0.25) is 0 Å². The lowest BCUT2D eigenvalue weighted by molar-refractivity contribution is -0.333. The van der Waals surface area contributed by atoms with E-state index in [1.807, 2.05) is 39.8 Å². The molecule has 41 heavy (non-hydrogen) atoms. The number of carbonyl (C=O) groups is 2. The third-order valence-corrected chi connectivity index (χ3v) is 8.30. The molecule has 6 nitrogen and oxygen atoms in total. The van der Waals surface area contributed by atoms with Crippen molar-refractivity contribution >= 4 is 11.6 Å². The van der Waals surface area contributed by atoms with Crippen LogP contribution >= 0.6 is 0 Å². The molecule has 2 aromatic rings. The molecule has 0 amide bonds. The van der Waals surface area contributed by atoms with E-state index in [4.69, 9.17) is 18.9 Å². The number of hydrogen-bond donors (Lipinski definition) is 0. The third kappa shape index (κ3) is 8.81. The molecule has 0 bridgehead atoms. The van der Waals surface area contributed by atoms with Gasteiger partial charge in [-0.1, -0.05) is 87.4 Å². The second kappa shape index (κ2) is 13.3. The predicted octanol–water partition coefficient (Wildman–Crippen LogP) is 6.57. The number of carbonyl (C=O) groups excluding carboxylic acids is 2. The van der Waals surface area contributed by atoms with Crippen molar-refractivity contribution in [2.45, 2.75) is 92.6 Å². The zero-order valence-corrected chi connectivity index (χ0v) is 25.8. The van der Waals surface area contributed by atoms with E-state index in [9.17, 15) is 9.59 Å². The Morgan fingerprint density at radius 1 is 0.683 bits per heavy atom. The molecule has 0 saturated carbocycles. The van der Waals surface area contributed by atoms with Crippen LogP contribution in [-0.2, 0) is 41.4 Å². The molecule has 0 aliphatic carbocycles. The van der Waals surface area contributed by atoms with Gasteiger partial charge in [0.25, 0.3) is 0 Å². The monoisotopic (exact) mass is 564 g/mol. The van der Waals surface area contributed by atoms with Gasteiger partial charge < -0.3 is 18.9 Å². The lowest BCUT2D eigenvalue weighted by Crippen LogP contribution is -2.56. The van der Waals surface area contributed by atoms with Crippen molar-refractivity contribution in [2.24, 2.45) is 16.2 Å². The van der Waals surface area contributed by atoms with E-state index in [2.05, 4.69) is 50.2 Å². The Bertz CT molecular complexity index is 1090. The zero-order chi connectivity index (χ0) is 29.7. The maximum absolute atomic E-state index is 12.8. The fourth-order valence-corrected chi connectivity index (χ4v) is 5.92. The smallest absolute Gasteiger partial charge is 0.163 e. The van der Waals surface area contributed by atoms with Gasteiger partial charge in [-0.05, 0) is 37.8 Å². The number of ketones is 2. The maximum atomic E-state index is 12.8. The average Bonchev–Trinajstić information content (AvgIpc) is 2.91. The number of ether oxygens (including phenoxy) is 4. The summed E-state index contributed by atoms with van der Waals surface area (Å²) in [6.45, 7) is 14.0. The van der Waals surface area contributed by atoms with Gasteiger partial charge in [0, 0.05) is 36.5 Å². The summed E-state index contributed by atoms with van der Waals surface area (Å²) in [5.74, 6) is 0.429. The fourth-order valence-electron chi connectivity index (χ4n) is 5.92. The first kappa shape index (κ1) is 31.6. The van der Waals surface area contributed by atoms with Crippen LogP contribution in [0.15, 0.2) is 48.5 Å². The summed E-state index contributed by atoms with van der Waals surface area (Å²) in [5.41, 5.74) is 3.53. The highest BCUT2D eigenvalue weighted by atomic mass is 16.7. The Balaban J connectivity index is 1.20. The first-order valence-corrected chi connectivity index (χ1v) is 15.0. The predicted molar refractivity (Wildman–Crippen MR) is 160 cm³/mol. The third-order valence-electron chi connectivity index (χ3n) is 8.30. The van der Waals surface area contributed by atoms with Crippen LogP contribution in [0.25, 0.3) is 0 Å². The van der Waals surface area contributed by atoms with Crippen molar-refractivity contribution in [3.05, 3.63) is 70.8 Å². The Hall–Kier alpha value is -2.38. The van der Waals surface area contributed by atoms with Crippen molar-refractivity contribution in [1.29, 1.82) is 0 Å². The van der Waals surface area contributed by atoms with Crippen molar-refractivity contribution in [3.63, 3.8) is 0 Å². The van der Waals surface area contributed by atoms with E-state index in [0.717, 1.165) is 12.8 Å². The molecule has 0 unspecified atom stereocenters. The van der Waals surface area contributed by atoms with Crippen LogP contribution in [0.2, 0.25) is 0 Å². The number of benzene rings is 2. The molecule has 2 heterocycles. The molecular formula is C35H48O6. The SMILES string of the molecule is Cc1cccc(CCC(=O)CC(C)(C)C2OCC3(CO2)COC(C(C)(C)CC(=O)CCc2cccc(C)c2)OC3)c1. The second-order valence-corrected chi connectivity index (χ2v) is 13.8. The summed E-state index contributed by atoms with van der Waals surface area (Å²) in [6.07, 6.45) is 2.39. The van der Waals surface area contributed by atoms with Crippen molar-refractivity contribution in [1.82, 2.24) is 0 Å². The number of hydrogen-bond acceptors (Lipinski definition) is 6. The molecule has 2 fully saturated rings. The summed E-state index contributed by atoms with van der Waals surface area (Å²) >= 11 is 0. The van der Waals surface area contributed by atoms with Crippen LogP contribution in [0.3, 0.4) is 0 Å². The molecule has 2 aliphatic heterocycles. The number of rotatable bonds is 12. The zero-order valence-electron chi connectivity index (χ0n) is 25.8. The van der Waals surface area contributed by atoms with Crippen LogP contribution in [0.4, 0.5) is 0 Å². The first-order chi connectivity index (χ1) is 19.4. The maximum Gasteiger partial charge on any atom is 0.163 e. The van der Waals surface area contributed by atoms with Crippen molar-refractivity contribution in [3.8, 4) is 0 Å². The van der Waals surface area contributed by atoms with Gasteiger partial charge in [-0.2, -0.15) is 0 Å². The summed E-state index contributed by atoms with van der Waals surface area (Å²) < 4.78 is 24.8. The average molecular weight is 565 g/mol. The number of Topliss-reactive ketones (excluding diaryl/α,β-unsaturated/α-hetero) is 2. The van der Waals surface area contributed by atoms with E-state index >= 15 is 0 Å². The van der Waals surface area contributed by atoms with Gasteiger partial charge in [-0.25, -0.2) is 0 Å². The van der Waals surface area contributed by atoms with Gasteiger partial charge in [-0.3, -0.25) is 9.59 Å². The molecule has 2 aromatic carbocycles. The molecule has 6 heteroatoms. The number of aryl methyl sites for hydroxylation is 4. The van der Waals surface area contributed by atoms with Crippen LogP contribution in [0.1, 0.15) is 75.6 Å². The first-order valence-electron chi connectivity index (χ1n) is 15.0. The van der Waals surface area contributed by atoms with Crippen LogP contribution in [0, 0.1) is 30.1 Å². The minimum Gasteiger partial charge on any atom is -0.351 e. The molecule has 0 N–H and O–H groups in total. The molecule has 0 atom stereocenters. The summed E-state index contributed by atoms with van der Waals surface area (Å²) in [4.78, 5) is 25.6. The largest absolute Gasteiger partial charge is 0.351 e. The van der Waals surface area contributed by atoms with Crippen molar-refractivity contribution < 1.29 is 28.5 Å². The van der Waals surface area contributed by atoms with Gasteiger partial charge in [-0.15, -0.1) is 0 Å². The minimum atomic E-state index is -0.462. The van der Waals surface area contributed by atoms with Crippen LogP contribution in [0.5, 0.6) is 0 Å². The van der Waals surface area contributed by atoms with E-state index in [1.165, 1.54) is 22.3 Å². The van der Waals surface area contributed by atoms with Gasteiger partial charge >= 0.3 is 0 Å². The highest BCUT2D eigenvalue weighted by molar-refractivity contribution is 5.79. The minimum absolute atomic E-state index is 0.215. The fraction of sp³-hybridized carbons (Fsp3) is 0.600. The second-order valence-electron chi connectivity index (χ2n) is 13.8. The van der Waals surface area contributed by atoms with Gasteiger partial charge in [0.05, 0.1) is 31.8 Å². The Labute approximate surface area is 246 Å². The van der Waals surface area contributed by atoms with Gasteiger partial charge in [0.15, 0.2) is 12.6 Å². The van der Waals surface area contributed by atoms with E-state index in [1.54, 1.807) is 0 Å². The van der Waals surface area contributed by atoms with E-state index in [0.29, 0.717) is 52.1 Å². The van der Waals surface area contributed by atoms with Crippen LogP contribution < -0.4 is 0 Å². The van der Waals surface area contributed by atoms with Crippen LogP contribution in [-0.4, -0.2) is 50.6 Å². The Morgan fingerprint density at radius 3 is 1.39 bits per heavy atom. The van der Waals surface area contributed by atoms with Crippen molar-refractivity contribution in [2.75, 3.05) is 26.4 Å². The molecule has 2 saturated heterocycles. The Kier molecular flexibility index (Phi) is 10.2.